The van der Waals surface area contributed by atoms with Crippen LogP contribution in [0, 0.1) is 0 Å². The van der Waals surface area contributed by atoms with E-state index < -0.39 is 0 Å². The van der Waals surface area contributed by atoms with Gasteiger partial charge in [-0.2, -0.15) is 0 Å². The molecule has 2 rings (SSSR count). The minimum Gasteiger partial charge on any atom is -0.443 e. The molecule has 2 heterocycles. The van der Waals surface area contributed by atoms with Crippen LogP contribution in [0.4, 0.5) is 4.79 Å². The Morgan fingerprint density at radius 1 is 1.62 bits per heavy atom. The molecule has 5 heteroatoms. The first kappa shape index (κ1) is 11.4. The molecule has 2 atom stereocenters. The molecule has 0 aromatic carbocycles. The maximum Gasteiger partial charge on any atom is 0.410 e. The van der Waals surface area contributed by atoms with Gasteiger partial charge in [0.1, 0.15) is 11.6 Å². The summed E-state index contributed by atoms with van der Waals surface area (Å²) in [5, 5.41) is 0. The molecule has 0 bridgehead atoms. The highest BCUT2D eigenvalue weighted by Gasteiger charge is 2.54. The lowest BCUT2D eigenvalue weighted by molar-refractivity contribution is 0.0289. The normalized spacial score (nSPS) is 35.6. The number of carbonyl (C=O) groups excluding carboxylic acids is 1. The van der Waals surface area contributed by atoms with Crippen LogP contribution in [-0.2, 0) is 4.74 Å². The average molecular weight is 225 g/mol. The number of likely N-dealkylation sites (tertiary alicyclic amines) is 1. The zero-order chi connectivity index (χ0) is 11.8. The quantitative estimate of drug-likeness (QED) is 0.647. The topological polar surface area (TPSA) is 45.1 Å². The predicted octanol–water partition coefficient (Wildman–Crippen LogP) is 0.602. The summed E-state index contributed by atoms with van der Waals surface area (Å²) >= 11 is 0. The summed E-state index contributed by atoms with van der Waals surface area (Å²) < 4.78 is 5.42. The van der Waals surface area contributed by atoms with Crippen LogP contribution in [0.1, 0.15) is 12.8 Å². The molecule has 0 N–H and O–H groups in total. The first-order valence-electron chi connectivity index (χ1n) is 5.64. The van der Waals surface area contributed by atoms with Crippen molar-refractivity contribution in [3.05, 3.63) is 0 Å². The number of hydrogen-bond donors (Lipinski definition) is 0. The van der Waals surface area contributed by atoms with E-state index in [0.717, 1.165) is 25.9 Å². The van der Waals surface area contributed by atoms with Gasteiger partial charge in [-0.25, -0.2) is 4.79 Å². The molecule has 0 spiro atoms. The number of rotatable bonds is 2. The molecular weight excluding hydrogens is 206 g/mol. The lowest BCUT2D eigenvalue weighted by atomic mass is 9.83. The minimum atomic E-state index is -0.219. The summed E-state index contributed by atoms with van der Waals surface area (Å²) in [6.45, 7) is 1.84. The van der Waals surface area contributed by atoms with Crippen molar-refractivity contribution in [1.82, 2.24) is 9.80 Å². The van der Waals surface area contributed by atoms with Gasteiger partial charge in [-0.1, -0.05) is 0 Å². The maximum atomic E-state index is 11.7. The molecule has 5 nitrogen and oxygen atoms in total. The standard InChI is InChI=1S/C11H19N3O2/c1-12-6-5-11-8-13(2)7-4-9(11)16-10(15)14(11)3/h6,9H,4-5,7-8H2,1-3H3. The first-order chi connectivity index (χ1) is 7.60. The molecule has 2 saturated heterocycles. The van der Waals surface area contributed by atoms with Crippen molar-refractivity contribution in [2.45, 2.75) is 24.5 Å². The summed E-state index contributed by atoms with van der Waals surface area (Å²) in [4.78, 5) is 19.7. The molecule has 0 aliphatic carbocycles. The van der Waals surface area contributed by atoms with Crippen molar-refractivity contribution < 1.29 is 9.53 Å². The van der Waals surface area contributed by atoms with Gasteiger partial charge in [0.2, 0.25) is 0 Å². The molecule has 2 unspecified atom stereocenters. The number of fused-ring (bicyclic) bond motifs is 1. The largest absolute Gasteiger partial charge is 0.443 e. The summed E-state index contributed by atoms with van der Waals surface area (Å²) in [6, 6.07) is 0. The van der Waals surface area contributed by atoms with E-state index in [1.165, 1.54) is 0 Å². The predicted molar refractivity (Wildman–Crippen MR) is 61.9 cm³/mol. The van der Waals surface area contributed by atoms with Gasteiger partial charge in [0.25, 0.3) is 0 Å². The number of amides is 1. The second-order valence-electron chi connectivity index (χ2n) is 4.71. The van der Waals surface area contributed by atoms with E-state index in [9.17, 15) is 4.79 Å². The zero-order valence-corrected chi connectivity index (χ0v) is 10.1. The minimum absolute atomic E-state index is 0.0131. The van der Waals surface area contributed by atoms with Crippen LogP contribution in [0.25, 0.3) is 0 Å². The van der Waals surface area contributed by atoms with E-state index in [1.807, 2.05) is 13.3 Å². The van der Waals surface area contributed by atoms with Gasteiger partial charge in [-0.15, -0.1) is 0 Å². The van der Waals surface area contributed by atoms with E-state index >= 15 is 0 Å². The number of carbonyl (C=O) groups is 1. The Hall–Kier alpha value is -1.10. The lowest BCUT2D eigenvalue weighted by Gasteiger charge is -2.43. The fourth-order valence-electron chi connectivity index (χ4n) is 2.71. The Kier molecular flexibility index (Phi) is 2.88. The highest BCUT2D eigenvalue weighted by atomic mass is 16.6. The fourth-order valence-corrected chi connectivity index (χ4v) is 2.71. The van der Waals surface area contributed by atoms with Crippen molar-refractivity contribution in [2.24, 2.45) is 4.99 Å². The third-order valence-corrected chi connectivity index (χ3v) is 3.73. The monoisotopic (exact) mass is 225 g/mol. The number of aliphatic imine (C=N–C) groups is 1. The smallest absolute Gasteiger partial charge is 0.410 e. The maximum absolute atomic E-state index is 11.7. The van der Waals surface area contributed by atoms with Gasteiger partial charge in [0.15, 0.2) is 0 Å². The molecule has 90 valence electrons. The van der Waals surface area contributed by atoms with Crippen LogP contribution in [0.2, 0.25) is 0 Å². The number of nitrogens with zero attached hydrogens (tertiary/aromatic N) is 3. The third kappa shape index (κ3) is 1.59. The second-order valence-corrected chi connectivity index (χ2v) is 4.71. The van der Waals surface area contributed by atoms with Crippen LogP contribution in [0.5, 0.6) is 0 Å². The Balaban J connectivity index is 2.27. The third-order valence-electron chi connectivity index (χ3n) is 3.73. The number of hydrogen-bond acceptors (Lipinski definition) is 4. The van der Waals surface area contributed by atoms with Gasteiger partial charge in [-0.05, 0) is 13.5 Å². The Morgan fingerprint density at radius 2 is 2.38 bits per heavy atom. The van der Waals surface area contributed by atoms with Crippen LogP contribution >= 0.6 is 0 Å². The van der Waals surface area contributed by atoms with Gasteiger partial charge in [0, 0.05) is 39.8 Å². The van der Waals surface area contributed by atoms with Crippen LogP contribution in [-0.4, -0.2) is 68.0 Å². The Morgan fingerprint density at radius 3 is 3.06 bits per heavy atom. The van der Waals surface area contributed by atoms with Gasteiger partial charge in [0.05, 0.1) is 0 Å². The molecule has 16 heavy (non-hydrogen) atoms. The molecule has 2 fully saturated rings. The van der Waals surface area contributed by atoms with Crippen molar-refractivity contribution >= 4 is 12.3 Å². The average Bonchev–Trinajstić information content (AvgIpc) is 2.50. The van der Waals surface area contributed by atoms with Crippen LogP contribution < -0.4 is 0 Å². The fraction of sp³-hybridized carbons (Fsp3) is 0.818. The summed E-state index contributed by atoms with van der Waals surface area (Å²) in [5.41, 5.74) is -0.219. The molecule has 0 radical (unpaired) electrons. The zero-order valence-electron chi connectivity index (χ0n) is 10.1. The number of likely N-dealkylation sites (N-methyl/N-ethyl adjacent to an activating group) is 2. The SMILES string of the molecule is CN=CCC12CN(C)CCC1OC(=O)N2C. The van der Waals surface area contributed by atoms with E-state index in [4.69, 9.17) is 4.74 Å². The Labute approximate surface area is 96.1 Å². The molecule has 0 saturated carbocycles. The van der Waals surface area contributed by atoms with Crippen molar-refractivity contribution in [3.63, 3.8) is 0 Å². The van der Waals surface area contributed by atoms with E-state index in [-0.39, 0.29) is 17.7 Å². The van der Waals surface area contributed by atoms with Gasteiger partial charge in [-0.3, -0.25) is 0 Å². The second kappa shape index (κ2) is 4.05. The summed E-state index contributed by atoms with van der Waals surface area (Å²) in [7, 11) is 5.67. The van der Waals surface area contributed by atoms with Gasteiger partial charge >= 0.3 is 6.09 Å². The van der Waals surface area contributed by atoms with E-state index in [1.54, 1.807) is 11.9 Å². The van der Waals surface area contributed by atoms with Gasteiger partial charge < -0.3 is 19.5 Å². The molecule has 2 aliphatic rings. The molecule has 1 amide bonds. The lowest BCUT2D eigenvalue weighted by Crippen LogP contribution is -2.60. The summed E-state index contributed by atoms with van der Waals surface area (Å²) in [5.74, 6) is 0. The van der Waals surface area contributed by atoms with Crippen molar-refractivity contribution in [1.29, 1.82) is 0 Å². The van der Waals surface area contributed by atoms with E-state index in [2.05, 4.69) is 16.9 Å². The van der Waals surface area contributed by atoms with Crippen LogP contribution in [0.15, 0.2) is 4.99 Å². The highest BCUT2D eigenvalue weighted by Crippen LogP contribution is 2.37. The Bertz CT molecular complexity index is 318. The summed E-state index contributed by atoms with van der Waals surface area (Å²) in [6.07, 6.45) is 3.36. The van der Waals surface area contributed by atoms with Crippen molar-refractivity contribution in [2.75, 3.05) is 34.2 Å². The van der Waals surface area contributed by atoms with Crippen LogP contribution in [0.3, 0.4) is 0 Å². The molecule has 0 aromatic rings. The first-order valence-corrected chi connectivity index (χ1v) is 5.64. The number of piperidine rings is 1. The molecule has 2 aliphatic heterocycles. The molecular formula is C11H19N3O2. The highest BCUT2D eigenvalue weighted by molar-refractivity contribution is 5.73. The number of ether oxygens (including phenoxy) is 1. The van der Waals surface area contributed by atoms with Crippen molar-refractivity contribution in [3.8, 4) is 0 Å². The van der Waals surface area contributed by atoms with E-state index in [0.29, 0.717) is 0 Å². The molecule has 0 aromatic heterocycles.